The van der Waals surface area contributed by atoms with Crippen molar-refractivity contribution in [3.63, 3.8) is 0 Å². The molecule has 0 aromatic rings. The Labute approximate surface area is 127 Å². The summed E-state index contributed by atoms with van der Waals surface area (Å²) in [6, 6.07) is -1.94. The summed E-state index contributed by atoms with van der Waals surface area (Å²) in [5, 5.41) is 26.0. The van der Waals surface area contributed by atoms with Crippen molar-refractivity contribution in [3.8, 4) is 0 Å². The molecular formula is C11H24N6O5. The number of carboxylic acids is 2. The maximum absolute atomic E-state index is 10.3. The molecule has 0 fully saturated rings. The van der Waals surface area contributed by atoms with Gasteiger partial charge in [-0.1, -0.05) is 0 Å². The largest absolute Gasteiger partial charge is 0.480 e. The molecule has 0 unspecified atom stereocenters. The summed E-state index contributed by atoms with van der Waals surface area (Å²) < 4.78 is 0. The molecule has 128 valence electrons. The van der Waals surface area contributed by atoms with Crippen molar-refractivity contribution in [2.45, 2.75) is 37.8 Å². The van der Waals surface area contributed by atoms with Crippen molar-refractivity contribution >= 4 is 23.8 Å². The van der Waals surface area contributed by atoms with Gasteiger partial charge in [-0.25, -0.2) is 0 Å². The Bertz CT molecular complexity index is 389. The number of unbranched alkanes of at least 4 members (excludes halogenated alkanes) is 1. The number of carboxylic acid groups (broad SMARTS) is 2. The molecule has 0 spiro atoms. The second-order valence-electron chi connectivity index (χ2n) is 4.40. The lowest BCUT2D eigenvalue weighted by Gasteiger charge is -2.06. The zero-order valence-corrected chi connectivity index (χ0v) is 12.1. The number of hydrogen-bond donors (Lipinski definition) is 8. The second kappa shape index (κ2) is 12.3. The number of carbonyl (C=O) groups is 3. The molecule has 0 aliphatic heterocycles. The van der Waals surface area contributed by atoms with Crippen LogP contribution in [0.15, 0.2) is 0 Å². The fourth-order valence-electron chi connectivity index (χ4n) is 1.14. The first-order valence-electron chi connectivity index (χ1n) is 6.40. The molecule has 0 radical (unpaired) electrons. The molecule has 0 saturated heterocycles. The fraction of sp³-hybridized carbons (Fsp3) is 0.636. The monoisotopic (exact) mass is 320 g/mol. The van der Waals surface area contributed by atoms with Crippen LogP contribution in [0.1, 0.15) is 25.7 Å². The number of nitrogens with one attached hydrogen (secondary N) is 2. The lowest BCUT2D eigenvalue weighted by Crippen LogP contribution is -2.34. The van der Waals surface area contributed by atoms with Crippen LogP contribution in [0.3, 0.4) is 0 Å². The van der Waals surface area contributed by atoms with Crippen LogP contribution < -0.4 is 28.3 Å². The Balaban J connectivity index is 0. The van der Waals surface area contributed by atoms with E-state index in [1.807, 2.05) is 0 Å². The van der Waals surface area contributed by atoms with E-state index >= 15 is 0 Å². The molecule has 0 aromatic carbocycles. The average molecular weight is 320 g/mol. The number of rotatable bonds is 9. The van der Waals surface area contributed by atoms with Gasteiger partial charge in [-0.05, 0) is 19.3 Å². The molecule has 0 aliphatic rings. The minimum Gasteiger partial charge on any atom is -0.480 e. The Hall–Kier alpha value is -2.40. The van der Waals surface area contributed by atoms with Gasteiger partial charge in [-0.15, -0.1) is 0 Å². The number of nitrogens with two attached hydrogens (primary N) is 4. The Morgan fingerprint density at radius 3 is 1.82 bits per heavy atom. The Kier molecular flexibility index (Phi) is 12.3. The summed E-state index contributed by atoms with van der Waals surface area (Å²) in [5.41, 5.74) is 19.9. The number of carbonyl (C=O) groups excluding carboxylic acids is 1. The molecule has 0 aliphatic carbocycles. The van der Waals surface area contributed by atoms with Crippen molar-refractivity contribution < 1.29 is 24.6 Å². The quantitative estimate of drug-likeness (QED) is 0.125. The Morgan fingerprint density at radius 2 is 1.50 bits per heavy atom. The second-order valence-corrected chi connectivity index (χ2v) is 4.40. The maximum Gasteiger partial charge on any atom is 0.321 e. The molecule has 2 atom stereocenters. The van der Waals surface area contributed by atoms with Crippen molar-refractivity contribution in [2.24, 2.45) is 22.9 Å². The van der Waals surface area contributed by atoms with Crippen LogP contribution in [-0.2, 0) is 14.4 Å². The third-order valence-electron chi connectivity index (χ3n) is 2.31. The molecule has 0 saturated carbocycles. The van der Waals surface area contributed by atoms with Crippen molar-refractivity contribution in [1.82, 2.24) is 5.32 Å². The van der Waals surface area contributed by atoms with Gasteiger partial charge in [0.05, 0.1) is 6.42 Å². The lowest BCUT2D eigenvalue weighted by molar-refractivity contribution is -0.140. The van der Waals surface area contributed by atoms with Gasteiger partial charge in [0.25, 0.3) is 0 Å². The molecule has 0 heterocycles. The predicted octanol–water partition coefficient (Wildman–Crippen LogP) is -2.67. The van der Waals surface area contributed by atoms with Crippen LogP contribution in [0.4, 0.5) is 0 Å². The van der Waals surface area contributed by atoms with E-state index in [-0.39, 0.29) is 12.4 Å². The van der Waals surface area contributed by atoms with Crippen LogP contribution in [0, 0.1) is 5.41 Å². The molecule has 12 N–H and O–H groups in total. The molecule has 22 heavy (non-hydrogen) atoms. The highest BCUT2D eigenvalue weighted by atomic mass is 16.4. The van der Waals surface area contributed by atoms with E-state index in [0.29, 0.717) is 19.4 Å². The summed E-state index contributed by atoms with van der Waals surface area (Å²) >= 11 is 0. The van der Waals surface area contributed by atoms with Gasteiger partial charge >= 0.3 is 11.9 Å². The molecule has 0 rings (SSSR count). The van der Waals surface area contributed by atoms with E-state index in [9.17, 15) is 14.4 Å². The van der Waals surface area contributed by atoms with Crippen molar-refractivity contribution in [2.75, 3.05) is 6.54 Å². The van der Waals surface area contributed by atoms with Crippen LogP contribution in [0.25, 0.3) is 0 Å². The number of aliphatic carboxylic acids is 2. The molecule has 1 amide bonds. The van der Waals surface area contributed by atoms with E-state index in [1.54, 1.807) is 0 Å². The van der Waals surface area contributed by atoms with Crippen LogP contribution >= 0.6 is 0 Å². The third kappa shape index (κ3) is 15.7. The highest BCUT2D eigenvalue weighted by molar-refractivity contribution is 5.83. The zero-order chi connectivity index (χ0) is 17.7. The van der Waals surface area contributed by atoms with Gasteiger partial charge in [-0.2, -0.15) is 0 Å². The van der Waals surface area contributed by atoms with E-state index in [1.165, 1.54) is 0 Å². The van der Waals surface area contributed by atoms with Gasteiger partial charge in [0.2, 0.25) is 5.91 Å². The predicted molar refractivity (Wildman–Crippen MR) is 78.8 cm³/mol. The number of guanidine groups is 1. The fourth-order valence-corrected chi connectivity index (χ4v) is 1.14. The topological polar surface area (TPSA) is 232 Å². The minimum atomic E-state index is -1.21. The smallest absolute Gasteiger partial charge is 0.321 e. The SMILES string of the molecule is N=C(N)NCCCC[C@H](N)C(=O)O.NC(=O)C[C@H](N)C(=O)O. The summed E-state index contributed by atoms with van der Waals surface area (Å²) in [5.74, 6) is -2.96. The van der Waals surface area contributed by atoms with Gasteiger partial charge in [0, 0.05) is 6.54 Å². The normalized spacial score (nSPS) is 12.3. The van der Waals surface area contributed by atoms with Crippen LogP contribution in [0.5, 0.6) is 0 Å². The van der Waals surface area contributed by atoms with E-state index in [0.717, 1.165) is 6.42 Å². The molecule has 0 bridgehead atoms. The first-order valence-corrected chi connectivity index (χ1v) is 6.40. The first kappa shape index (κ1) is 21.9. The molecule has 0 aromatic heterocycles. The highest BCUT2D eigenvalue weighted by Gasteiger charge is 2.13. The first-order chi connectivity index (χ1) is 10.1. The molecule has 11 heteroatoms. The van der Waals surface area contributed by atoms with Gasteiger partial charge in [-0.3, -0.25) is 19.8 Å². The maximum atomic E-state index is 10.3. The van der Waals surface area contributed by atoms with Gasteiger partial charge in [0.15, 0.2) is 5.96 Å². The Morgan fingerprint density at radius 1 is 1.00 bits per heavy atom. The van der Waals surface area contributed by atoms with Crippen molar-refractivity contribution in [3.05, 3.63) is 0 Å². The van der Waals surface area contributed by atoms with Crippen LogP contribution in [-0.4, -0.2) is 52.6 Å². The average Bonchev–Trinajstić information content (AvgIpc) is 2.37. The number of amides is 1. The van der Waals surface area contributed by atoms with Gasteiger partial charge < -0.3 is 38.5 Å². The van der Waals surface area contributed by atoms with E-state index < -0.39 is 29.9 Å². The van der Waals surface area contributed by atoms with Gasteiger partial charge in [0.1, 0.15) is 12.1 Å². The summed E-state index contributed by atoms with van der Waals surface area (Å²) in [7, 11) is 0. The number of hydrogen-bond acceptors (Lipinski definition) is 6. The summed E-state index contributed by atoms with van der Waals surface area (Å²) in [6.07, 6.45) is 1.62. The molecular weight excluding hydrogens is 296 g/mol. The standard InChI is InChI=1S/C7H16N4O2.C4H8N2O3/c8-5(6(12)13)3-1-2-4-11-7(9)10;5-2(4(8)9)1-3(6)7/h5H,1-4,8H2,(H,12,13)(H4,9,10,11);2H,1,5H2,(H2,6,7)(H,8,9)/t5-;2-/m00/s1. The third-order valence-corrected chi connectivity index (χ3v) is 2.31. The van der Waals surface area contributed by atoms with E-state index in [4.69, 9.17) is 32.8 Å². The summed E-state index contributed by atoms with van der Waals surface area (Å²) in [6.45, 7) is 0.585. The molecule has 11 nitrogen and oxygen atoms in total. The lowest BCUT2D eigenvalue weighted by atomic mass is 10.1. The number of primary amides is 1. The van der Waals surface area contributed by atoms with Crippen molar-refractivity contribution in [1.29, 1.82) is 5.41 Å². The highest BCUT2D eigenvalue weighted by Crippen LogP contribution is 1.97. The zero-order valence-electron chi connectivity index (χ0n) is 12.1. The minimum absolute atomic E-state index is 0.0671. The summed E-state index contributed by atoms with van der Waals surface area (Å²) in [4.78, 5) is 30.2. The van der Waals surface area contributed by atoms with E-state index in [2.05, 4.69) is 11.1 Å². The van der Waals surface area contributed by atoms with Crippen LogP contribution in [0.2, 0.25) is 0 Å².